The smallest absolute Gasteiger partial charge is 0.272 e. The van der Waals surface area contributed by atoms with Crippen LogP contribution in [0.2, 0.25) is 0 Å². The number of nitrogens with one attached hydrogen (secondary N) is 3. The van der Waals surface area contributed by atoms with Crippen molar-refractivity contribution in [1.29, 1.82) is 0 Å². The average molecular weight is 494 g/mol. The number of H-pyrrole nitrogens is 2. The summed E-state index contributed by atoms with van der Waals surface area (Å²) < 4.78 is 1.03. The molecule has 0 bridgehead atoms. The van der Waals surface area contributed by atoms with Crippen LogP contribution in [0.1, 0.15) is 37.7 Å². The number of amides is 2. The number of carbonyl (C=O) groups is 2. The summed E-state index contributed by atoms with van der Waals surface area (Å²) in [4.78, 5) is 27.4. The molecule has 0 fully saturated rings. The Labute approximate surface area is 191 Å². The Balaban J connectivity index is 1.22. The molecule has 2 aromatic carbocycles. The molecule has 32 heavy (non-hydrogen) atoms. The largest absolute Gasteiger partial charge is 0.350 e. The topological polar surface area (TPSA) is 120 Å². The van der Waals surface area contributed by atoms with Crippen LogP contribution in [0.5, 0.6) is 0 Å². The molecule has 0 saturated carbocycles. The van der Waals surface area contributed by atoms with Crippen LogP contribution in [0.25, 0.3) is 11.0 Å². The van der Waals surface area contributed by atoms with Crippen LogP contribution in [-0.2, 0) is 19.4 Å². The van der Waals surface area contributed by atoms with E-state index >= 15 is 0 Å². The minimum atomic E-state index is -0.198. The van der Waals surface area contributed by atoms with Gasteiger partial charge in [-0.2, -0.15) is 20.5 Å². The maximum absolute atomic E-state index is 13.0. The quantitative estimate of drug-likeness (QED) is 0.394. The number of hydrogen-bond acceptors (Lipinski definition) is 5. The molecular formula is C22H20BrN7O2. The number of aromatic nitrogens is 5. The van der Waals surface area contributed by atoms with Crippen LogP contribution >= 0.6 is 15.9 Å². The fourth-order valence-corrected chi connectivity index (χ4v) is 4.15. The highest BCUT2D eigenvalue weighted by atomic mass is 79.9. The third-order valence-corrected chi connectivity index (χ3v) is 6.14. The fraction of sp³-hybridized carbons (Fsp3) is 0.227. The molecule has 5 rings (SSSR count). The molecule has 0 saturated heterocycles. The lowest BCUT2D eigenvalue weighted by atomic mass is 10.0. The van der Waals surface area contributed by atoms with Gasteiger partial charge in [0.2, 0.25) is 0 Å². The maximum Gasteiger partial charge on any atom is 0.272 e. The summed E-state index contributed by atoms with van der Waals surface area (Å²) in [5.74, 6) is -0.286. The van der Waals surface area contributed by atoms with Crippen LogP contribution in [0.4, 0.5) is 0 Å². The SMILES string of the molecule is O=C(NCCc1ccc(Br)cc1)c1n[nH]c2c1CCN(C(=O)c1ccc3n[nH]nc3c1)C2. The zero-order valence-corrected chi connectivity index (χ0v) is 18.6. The van der Waals surface area contributed by atoms with Crippen LogP contribution < -0.4 is 5.32 Å². The lowest BCUT2D eigenvalue weighted by Crippen LogP contribution is -2.36. The summed E-state index contributed by atoms with van der Waals surface area (Å²) >= 11 is 3.42. The lowest BCUT2D eigenvalue weighted by Gasteiger charge is -2.27. The van der Waals surface area contributed by atoms with Crippen molar-refractivity contribution in [1.82, 2.24) is 35.8 Å². The number of benzene rings is 2. The molecule has 2 amide bonds. The Morgan fingerprint density at radius 1 is 1.06 bits per heavy atom. The number of halogens is 1. The van der Waals surface area contributed by atoms with Crippen LogP contribution in [0, 0.1) is 0 Å². The third kappa shape index (κ3) is 4.01. The van der Waals surface area contributed by atoms with Gasteiger partial charge in [0.1, 0.15) is 11.0 Å². The number of hydrogen-bond donors (Lipinski definition) is 3. The first kappa shape index (κ1) is 20.4. The van der Waals surface area contributed by atoms with Gasteiger partial charge in [0.25, 0.3) is 11.8 Å². The standard InChI is InChI=1S/C22H20BrN7O2/c23-15-4-1-13(2-5-15)7-9-24-21(31)20-16-8-10-30(12-19(16)25-28-20)22(32)14-3-6-17-18(11-14)27-29-26-17/h1-6,11H,7-10,12H2,(H,24,31)(H,25,28)(H,26,27,29). The third-order valence-electron chi connectivity index (χ3n) is 5.61. The van der Waals surface area contributed by atoms with Crippen LogP contribution in [0.3, 0.4) is 0 Å². The minimum Gasteiger partial charge on any atom is -0.350 e. The molecule has 1 aliphatic heterocycles. The molecule has 0 unspecified atom stereocenters. The van der Waals surface area contributed by atoms with E-state index in [0.29, 0.717) is 48.3 Å². The Hall–Kier alpha value is -3.53. The van der Waals surface area contributed by atoms with Crippen molar-refractivity contribution < 1.29 is 9.59 Å². The highest BCUT2D eigenvalue weighted by Crippen LogP contribution is 2.22. The molecule has 3 N–H and O–H groups in total. The van der Waals surface area contributed by atoms with E-state index in [9.17, 15) is 9.59 Å². The van der Waals surface area contributed by atoms with E-state index in [1.165, 1.54) is 0 Å². The minimum absolute atomic E-state index is 0.0874. The first-order chi connectivity index (χ1) is 15.6. The van der Waals surface area contributed by atoms with Gasteiger partial charge in [-0.3, -0.25) is 14.7 Å². The van der Waals surface area contributed by atoms with E-state index in [1.807, 2.05) is 24.3 Å². The predicted molar refractivity (Wildman–Crippen MR) is 121 cm³/mol. The van der Waals surface area contributed by atoms with Crippen molar-refractivity contribution in [3.63, 3.8) is 0 Å². The number of carbonyl (C=O) groups excluding carboxylic acids is 2. The van der Waals surface area contributed by atoms with Crippen molar-refractivity contribution in [2.24, 2.45) is 0 Å². The molecule has 0 spiro atoms. The number of nitrogens with zero attached hydrogens (tertiary/aromatic N) is 4. The van der Waals surface area contributed by atoms with Gasteiger partial charge < -0.3 is 10.2 Å². The Kier molecular flexibility index (Phi) is 5.44. The zero-order valence-electron chi connectivity index (χ0n) is 17.1. The van der Waals surface area contributed by atoms with Crippen molar-refractivity contribution in [3.05, 3.63) is 75.0 Å². The molecule has 1 aliphatic rings. The lowest BCUT2D eigenvalue weighted by molar-refractivity contribution is 0.0732. The molecule has 0 atom stereocenters. The van der Waals surface area contributed by atoms with Gasteiger partial charge in [-0.15, -0.1) is 0 Å². The highest BCUT2D eigenvalue weighted by Gasteiger charge is 2.28. The monoisotopic (exact) mass is 493 g/mol. The van der Waals surface area contributed by atoms with Crippen molar-refractivity contribution >= 4 is 38.8 Å². The summed E-state index contributed by atoms with van der Waals surface area (Å²) in [7, 11) is 0. The van der Waals surface area contributed by atoms with Crippen molar-refractivity contribution in [3.8, 4) is 0 Å². The Morgan fingerprint density at radius 3 is 2.72 bits per heavy atom. The normalized spacial score (nSPS) is 13.2. The van der Waals surface area contributed by atoms with E-state index in [0.717, 1.165) is 27.7 Å². The number of rotatable bonds is 5. The first-order valence-corrected chi connectivity index (χ1v) is 11.1. The van der Waals surface area contributed by atoms with E-state index in [-0.39, 0.29) is 11.8 Å². The second-order valence-electron chi connectivity index (χ2n) is 7.67. The molecule has 162 valence electrons. The van der Waals surface area contributed by atoms with Gasteiger partial charge in [-0.25, -0.2) is 0 Å². The van der Waals surface area contributed by atoms with Crippen LogP contribution in [-0.4, -0.2) is 55.4 Å². The molecule has 4 aromatic rings. The number of aromatic amines is 2. The molecule has 0 radical (unpaired) electrons. The van der Waals surface area contributed by atoms with E-state index in [4.69, 9.17) is 0 Å². The molecule has 0 aliphatic carbocycles. The zero-order chi connectivity index (χ0) is 22.1. The highest BCUT2D eigenvalue weighted by molar-refractivity contribution is 9.10. The molecule has 3 heterocycles. The van der Waals surface area contributed by atoms with Gasteiger partial charge in [0.15, 0.2) is 5.69 Å². The van der Waals surface area contributed by atoms with E-state index in [1.54, 1.807) is 23.1 Å². The van der Waals surface area contributed by atoms with E-state index < -0.39 is 0 Å². The van der Waals surface area contributed by atoms with Gasteiger partial charge in [0.05, 0.1) is 12.2 Å². The summed E-state index contributed by atoms with van der Waals surface area (Å²) in [6.45, 7) is 1.42. The van der Waals surface area contributed by atoms with Crippen molar-refractivity contribution in [2.45, 2.75) is 19.4 Å². The number of fused-ring (bicyclic) bond motifs is 2. The molecule has 9 nitrogen and oxygen atoms in total. The summed E-state index contributed by atoms with van der Waals surface area (Å²) in [5, 5.41) is 20.7. The molecule has 2 aromatic heterocycles. The van der Waals surface area contributed by atoms with Crippen LogP contribution in [0.15, 0.2) is 46.9 Å². The fourth-order valence-electron chi connectivity index (χ4n) is 3.89. The second kappa shape index (κ2) is 8.54. The summed E-state index contributed by atoms with van der Waals surface area (Å²) in [6, 6.07) is 13.3. The molecule has 10 heteroatoms. The predicted octanol–water partition coefficient (Wildman–Crippen LogP) is 2.61. The maximum atomic E-state index is 13.0. The Morgan fingerprint density at radius 2 is 1.88 bits per heavy atom. The average Bonchev–Trinajstić information content (AvgIpc) is 3.45. The van der Waals surface area contributed by atoms with Gasteiger partial charge in [0, 0.05) is 28.7 Å². The summed E-state index contributed by atoms with van der Waals surface area (Å²) in [6.07, 6.45) is 1.31. The molecular weight excluding hydrogens is 474 g/mol. The van der Waals surface area contributed by atoms with Gasteiger partial charge in [-0.1, -0.05) is 28.1 Å². The first-order valence-electron chi connectivity index (χ1n) is 10.3. The van der Waals surface area contributed by atoms with Gasteiger partial charge >= 0.3 is 0 Å². The second-order valence-corrected chi connectivity index (χ2v) is 8.58. The van der Waals surface area contributed by atoms with E-state index in [2.05, 4.69) is 46.9 Å². The Bertz CT molecular complexity index is 1300. The van der Waals surface area contributed by atoms with Crippen molar-refractivity contribution in [2.75, 3.05) is 13.1 Å². The summed E-state index contributed by atoms with van der Waals surface area (Å²) in [5.41, 5.74) is 5.15. The van der Waals surface area contributed by atoms with Gasteiger partial charge in [-0.05, 0) is 48.7 Å².